The molecule has 3 heterocycles. The number of nitrogens with zero attached hydrogens (tertiary/aromatic N) is 4. The van der Waals surface area contributed by atoms with Crippen molar-refractivity contribution < 1.29 is 9.90 Å². The van der Waals surface area contributed by atoms with Gasteiger partial charge in [0.25, 0.3) is 0 Å². The molecule has 0 amide bonds. The first kappa shape index (κ1) is 14.2. The van der Waals surface area contributed by atoms with Crippen LogP contribution in [0.25, 0.3) is 22.3 Å². The number of carbonyl (C=O) groups is 1. The third-order valence-corrected chi connectivity index (χ3v) is 3.33. The van der Waals surface area contributed by atoms with E-state index in [2.05, 4.69) is 28.9 Å². The van der Waals surface area contributed by atoms with Gasteiger partial charge in [-0.3, -0.25) is 4.98 Å². The van der Waals surface area contributed by atoms with E-state index in [1.807, 2.05) is 6.07 Å². The zero-order chi connectivity index (χ0) is 15.7. The number of rotatable bonds is 4. The Kier molecular flexibility index (Phi) is 3.58. The quantitative estimate of drug-likeness (QED) is 0.800. The number of carboxylic acids is 1. The molecule has 0 aromatic carbocycles. The van der Waals surface area contributed by atoms with Gasteiger partial charge in [-0.25, -0.2) is 14.5 Å². The Morgan fingerprint density at radius 2 is 2.18 bits per heavy atom. The summed E-state index contributed by atoms with van der Waals surface area (Å²) in [6.07, 6.45) is 4.91. The molecule has 3 aromatic rings. The normalized spacial score (nSPS) is 11.2. The molecular weight excluding hydrogens is 280 g/mol. The van der Waals surface area contributed by atoms with Crippen LogP contribution in [0.2, 0.25) is 0 Å². The highest BCUT2D eigenvalue weighted by Gasteiger charge is 2.17. The van der Waals surface area contributed by atoms with E-state index in [-0.39, 0.29) is 5.56 Å². The van der Waals surface area contributed by atoms with Crippen molar-refractivity contribution in [3.8, 4) is 11.3 Å². The van der Waals surface area contributed by atoms with Crippen LogP contribution in [0.4, 0.5) is 0 Å². The number of fused-ring (bicyclic) bond motifs is 1. The second-order valence-electron chi connectivity index (χ2n) is 5.56. The van der Waals surface area contributed by atoms with Gasteiger partial charge in [-0.2, -0.15) is 5.10 Å². The fourth-order valence-corrected chi connectivity index (χ4v) is 2.37. The second kappa shape index (κ2) is 5.55. The molecule has 1 N–H and O–H groups in total. The molecule has 0 aliphatic heterocycles. The standard InChI is InChI=1S/C16H16N4O2/c1-10(2)9-20-15-13(8-18-20)12(16(21)22)6-14(19-15)11-4-3-5-17-7-11/h3-8,10H,9H2,1-2H3,(H,21,22). The van der Waals surface area contributed by atoms with Gasteiger partial charge >= 0.3 is 5.97 Å². The molecule has 0 atom stereocenters. The average molecular weight is 296 g/mol. The van der Waals surface area contributed by atoms with Crippen LogP contribution in [0.1, 0.15) is 24.2 Å². The summed E-state index contributed by atoms with van der Waals surface area (Å²) < 4.78 is 1.76. The number of carboxylic acid groups (broad SMARTS) is 1. The monoisotopic (exact) mass is 296 g/mol. The number of aromatic nitrogens is 4. The summed E-state index contributed by atoms with van der Waals surface area (Å²) in [6, 6.07) is 5.23. The number of aromatic carboxylic acids is 1. The topological polar surface area (TPSA) is 80.9 Å². The lowest BCUT2D eigenvalue weighted by atomic mass is 10.1. The van der Waals surface area contributed by atoms with E-state index >= 15 is 0 Å². The van der Waals surface area contributed by atoms with Gasteiger partial charge in [-0.15, -0.1) is 0 Å². The maximum Gasteiger partial charge on any atom is 0.336 e. The van der Waals surface area contributed by atoms with Crippen LogP contribution >= 0.6 is 0 Å². The van der Waals surface area contributed by atoms with Crippen molar-refractivity contribution >= 4 is 17.0 Å². The molecule has 0 unspecified atom stereocenters. The zero-order valence-electron chi connectivity index (χ0n) is 12.4. The molecule has 0 fully saturated rings. The summed E-state index contributed by atoms with van der Waals surface area (Å²) in [7, 11) is 0. The average Bonchev–Trinajstić information content (AvgIpc) is 2.89. The van der Waals surface area contributed by atoms with Crippen LogP contribution < -0.4 is 0 Å². The molecule has 0 aliphatic carbocycles. The summed E-state index contributed by atoms with van der Waals surface area (Å²) in [6.45, 7) is 4.85. The van der Waals surface area contributed by atoms with Crippen molar-refractivity contribution in [1.82, 2.24) is 19.7 Å². The predicted octanol–water partition coefficient (Wildman–Crippen LogP) is 2.85. The first-order chi connectivity index (χ1) is 10.6. The number of hydrogen-bond acceptors (Lipinski definition) is 4. The molecule has 0 spiro atoms. The lowest BCUT2D eigenvalue weighted by Crippen LogP contribution is -2.07. The summed E-state index contributed by atoms with van der Waals surface area (Å²) in [4.78, 5) is 20.2. The second-order valence-corrected chi connectivity index (χ2v) is 5.56. The van der Waals surface area contributed by atoms with E-state index in [1.54, 1.807) is 35.4 Å². The van der Waals surface area contributed by atoms with Crippen LogP contribution in [0.5, 0.6) is 0 Å². The summed E-state index contributed by atoms with van der Waals surface area (Å²) >= 11 is 0. The van der Waals surface area contributed by atoms with Gasteiger partial charge in [0.15, 0.2) is 5.65 Å². The molecule has 6 nitrogen and oxygen atoms in total. The molecule has 22 heavy (non-hydrogen) atoms. The van der Waals surface area contributed by atoms with Gasteiger partial charge in [-0.1, -0.05) is 13.8 Å². The van der Waals surface area contributed by atoms with E-state index in [4.69, 9.17) is 0 Å². The Morgan fingerprint density at radius 1 is 1.36 bits per heavy atom. The molecule has 3 aromatic heterocycles. The SMILES string of the molecule is CC(C)Cn1ncc2c(C(=O)O)cc(-c3cccnc3)nc21. The molecular formula is C16H16N4O2. The minimum Gasteiger partial charge on any atom is -0.478 e. The Labute approximate surface area is 127 Å². The first-order valence-corrected chi connectivity index (χ1v) is 7.06. The van der Waals surface area contributed by atoms with E-state index in [1.165, 1.54) is 0 Å². The smallest absolute Gasteiger partial charge is 0.336 e. The molecule has 112 valence electrons. The molecule has 0 saturated carbocycles. The Morgan fingerprint density at radius 3 is 2.82 bits per heavy atom. The highest BCUT2D eigenvalue weighted by Crippen LogP contribution is 2.24. The predicted molar refractivity (Wildman–Crippen MR) is 82.6 cm³/mol. The van der Waals surface area contributed by atoms with Gasteiger partial charge in [0.1, 0.15) is 0 Å². The van der Waals surface area contributed by atoms with E-state index < -0.39 is 5.97 Å². The van der Waals surface area contributed by atoms with Crippen molar-refractivity contribution in [2.75, 3.05) is 0 Å². The minimum absolute atomic E-state index is 0.207. The van der Waals surface area contributed by atoms with Crippen LogP contribution in [0.15, 0.2) is 36.8 Å². The molecule has 0 aliphatic rings. The molecule has 3 rings (SSSR count). The maximum atomic E-state index is 11.5. The summed E-state index contributed by atoms with van der Waals surface area (Å²) in [5, 5.41) is 14.3. The van der Waals surface area contributed by atoms with Crippen molar-refractivity contribution in [1.29, 1.82) is 0 Å². The fourth-order valence-electron chi connectivity index (χ4n) is 2.37. The zero-order valence-corrected chi connectivity index (χ0v) is 12.4. The lowest BCUT2D eigenvalue weighted by Gasteiger charge is -2.08. The minimum atomic E-state index is -0.985. The van der Waals surface area contributed by atoms with E-state index in [0.717, 1.165) is 5.56 Å². The Hall–Kier alpha value is -2.76. The first-order valence-electron chi connectivity index (χ1n) is 7.06. The maximum absolute atomic E-state index is 11.5. The van der Waals surface area contributed by atoms with Crippen molar-refractivity contribution in [2.24, 2.45) is 5.92 Å². The van der Waals surface area contributed by atoms with Gasteiger partial charge in [-0.05, 0) is 24.1 Å². The van der Waals surface area contributed by atoms with E-state index in [9.17, 15) is 9.90 Å². The highest BCUT2D eigenvalue weighted by molar-refractivity contribution is 6.02. The molecule has 6 heteroatoms. The third-order valence-electron chi connectivity index (χ3n) is 3.33. The van der Waals surface area contributed by atoms with Crippen LogP contribution in [-0.4, -0.2) is 30.8 Å². The highest BCUT2D eigenvalue weighted by atomic mass is 16.4. The van der Waals surface area contributed by atoms with E-state index in [0.29, 0.717) is 29.2 Å². The van der Waals surface area contributed by atoms with Crippen molar-refractivity contribution in [3.05, 3.63) is 42.4 Å². The largest absolute Gasteiger partial charge is 0.478 e. The molecule has 0 radical (unpaired) electrons. The molecule has 0 bridgehead atoms. The molecule has 0 saturated heterocycles. The van der Waals surface area contributed by atoms with Crippen LogP contribution in [0.3, 0.4) is 0 Å². The van der Waals surface area contributed by atoms with Crippen molar-refractivity contribution in [2.45, 2.75) is 20.4 Å². The van der Waals surface area contributed by atoms with Gasteiger partial charge in [0.05, 0.1) is 22.8 Å². The summed E-state index contributed by atoms with van der Waals surface area (Å²) in [5.74, 6) is -0.595. The van der Waals surface area contributed by atoms with Crippen LogP contribution in [-0.2, 0) is 6.54 Å². The Balaban J connectivity index is 2.24. The van der Waals surface area contributed by atoms with Crippen LogP contribution in [0, 0.1) is 5.92 Å². The third kappa shape index (κ3) is 2.55. The van der Waals surface area contributed by atoms with Crippen molar-refractivity contribution in [3.63, 3.8) is 0 Å². The number of hydrogen-bond donors (Lipinski definition) is 1. The Bertz CT molecular complexity index is 825. The fraction of sp³-hybridized carbons (Fsp3) is 0.250. The number of pyridine rings is 2. The lowest BCUT2D eigenvalue weighted by molar-refractivity contribution is 0.0699. The van der Waals surface area contributed by atoms with Gasteiger partial charge in [0.2, 0.25) is 0 Å². The van der Waals surface area contributed by atoms with Gasteiger partial charge in [0, 0.05) is 24.5 Å². The van der Waals surface area contributed by atoms with Gasteiger partial charge < -0.3 is 5.11 Å². The summed E-state index contributed by atoms with van der Waals surface area (Å²) in [5.41, 5.74) is 2.17.